The van der Waals surface area contributed by atoms with Crippen LogP contribution in [0.4, 0.5) is 0 Å². The SMILES string of the molecule is NC(CCOCC1CCOCC1)C(=O)O. The van der Waals surface area contributed by atoms with E-state index in [0.29, 0.717) is 25.6 Å². The number of rotatable bonds is 6. The summed E-state index contributed by atoms with van der Waals surface area (Å²) in [7, 11) is 0. The lowest BCUT2D eigenvalue weighted by Crippen LogP contribution is -2.31. The first-order chi connectivity index (χ1) is 7.20. The lowest BCUT2D eigenvalue weighted by molar-refractivity contribution is -0.139. The van der Waals surface area contributed by atoms with E-state index >= 15 is 0 Å². The van der Waals surface area contributed by atoms with Gasteiger partial charge in [0.15, 0.2) is 0 Å². The summed E-state index contributed by atoms with van der Waals surface area (Å²) < 4.78 is 10.6. The van der Waals surface area contributed by atoms with Gasteiger partial charge < -0.3 is 20.3 Å². The number of hydrogen-bond donors (Lipinski definition) is 2. The number of carboxylic acids is 1. The minimum Gasteiger partial charge on any atom is -0.480 e. The van der Waals surface area contributed by atoms with Gasteiger partial charge in [-0.2, -0.15) is 0 Å². The van der Waals surface area contributed by atoms with Crippen molar-refractivity contribution in [2.75, 3.05) is 26.4 Å². The number of hydrogen-bond acceptors (Lipinski definition) is 4. The Balaban J connectivity index is 1.98. The number of ether oxygens (including phenoxy) is 2. The highest BCUT2D eigenvalue weighted by atomic mass is 16.5. The van der Waals surface area contributed by atoms with Crippen LogP contribution >= 0.6 is 0 Å². The second-order valence-electron chi connectivity index (χ2n) is 3.86. The van der Waals surface area contributed by atoms with E-state index in [1.165, 1.54) is 0 Å². The highest BCUT2D eigenvalue weighted by Crippen LogP contribution is 2.14. The predicted molar refractivity (Wildman–Crippen MR) is 54.6 cm³/mol. The van der Waals surface area contributed by atoms with Crippen LogP contribution in [0.15, 0.2) is 0 Å². The molecule has 0 saturated carbocycles. The van der Waals surface area contributed by atoms with Gasteiger partial charge in [-0.25, -0.2) is 0 Å². The average Bonchev–Trinajstić information content (AvgIpc) is 2.25. The van der Waals surface area contributed by atoms with Crippen molar-refractivity contribution in [2.45, 2.75) is 25.3 Å². The van der Waals surface area contributed by atoms with E-state index in [2.05, 4.69) is 0 Å². The van der Waals surface area contributed by atoms with Crippen molar-refractivity contribution in [1.82, 2.24) is 0 Å². The van der Waals surface area contributed by atoms with Gasteiger partial charge in [0.2, 0.25) is 0 Å². The van der Waals surface area contributed by atoms with Crippen LogP contribution in [0, 0.1) is 5.92 Å². The number of aliphatic carboxylic acids is 1. The summed E-state index contributed by atoms with van der Waals surface area (Å²) in [4.78, 5) is 10.4. The van der Waals surface area contributed by atoms with E-state index in [0.717, 1.165) is 26.1 Å². The molecule has 15 heavy (non-hydrogen) atoms. The molecule has 3 N–H and O–H groups in total. The summed E-state index contributed by atoms with van der Waals surface area (Å²) in [5.41, 5.74) is 5.34. The zero-order valence-electron chi connectivity index (χ0n) is 8.85. The van der Waals surface area contributed by atoms with Gasteiger partial charge in [-0.3, -0.25) is 4.79 Å². The molecule has 0 spiro atoms. The van der Waals surface area contributed by atoms with Gasteiger partial charge in [0.25, 0.3) is 0 Å². The van der Waals surface area contributed by atoms with E-state index < -0.39 is 12.0 Å². The third-order valence-electron chi connectivity index (χ3n) is 2.58. The molecular formula is C10H19NO4. The van der Waals surface area contributed by atoms with Crippen molar-refractivity contribution < 1.29 is 19.4 Å². The van der Waals surface area contributed by atoms with Crippen LogP contribution in [-0.2, 0) is 14.3 Å². The lowest BCUT2D eigenvalue weighted by Gasteiger charge is -2.21. The first-order valence-electron chi connectivity index (χ1n) is 5.34. The number of nitrogens with two attached hydrogens (primary N) is 1. The topological polar surface area (TPSA) is 81.8 Å². The largest absolute Gasteiger partial charge is 0.480 e. The van der Waals surface area contributed by atoms with Crippen LogP contribution in [0.25, 0.3) is 0 Å². The van der Waals surface area contributed by atoms with Crippen LogP contribution in [0.1, 0.15) is 19.3 Å². The highest BCUT2D eigenvalue weighted by Gasteiger charge is 2.15. The third kappa shape index (κ3) is 5.11. The van der Waals surface area contributed by atoms with Crippen molar-refractivity contribution in [2.24, 2.45) is 11.7 Å². The van der Waals surface area contributed by atoms with Crippen LogP contribution in [0.2, 0.25) is 0 Å². The molecule has 0 radical (unpaired) electrons. The predicted octanol–water partition coefficient (Wildman–Crippen LogP) is 0.232. The Morgan fingerprint density at radius 3 is 2.80 bits per heavy atom. The molecular weight excluding hydrogens is 198 g/mol. The van der Waals surface area contributed by atoms with Gasteiger partial charge in [-0.15, -0.1) is 0 Å². The molecule has 1 aliphatic heterocycles. The molecule has 1 aliphatic rings. The first kappa shape index (κ1) is 12.4. The smallest absolute Gasteiger partial charge is 0.320 e. The fourth-order valence-corrected chi connectivity index (χ4v) is 1.50. The van der Waals surface area contributed by atoms with Crippen molar-refractivity contribution in [3.05, 3.63) is 0 Å². The minimum absolute atomic E-state index is 0.374. The molecule has 1 saturated heterocycles. The summed E-state index contributed by atoms with van der Waals surface area (Å²) in [6.45, 7) is 2.73. The third-order valence-corrected chi connectivity index (χ3v) is 2.58. The number of carboxylic acid groups (broad SMARTS) is 1. The molecule has 5 nitrogen and oxygen atoms in total. The van der Waals surface area contributed by atoms with Crippen LogP contribution in [0.3, 0.4) is 0 Å². The van der Waals surface area contributed by atoms with Crippen molar-refractivity contribution in [3.63, 3.8) is 0 Å². The molecule has 0 aliphatic carbocycles. The summed E-state index contributed by atoms with van der Waals surface area (Å²) in [6, 6.07) is -0.806. The second-order valence-corrected chi connectivity index (χ2v) is 3.86. The molecule has 0 aromatic carbocycles. The Labute approximate surface area is 89.5 Å². The standard InChI is InChI=1S/C10H19NO4/c11-9(10(12)13)3-6-15-7-8-1-4-14-5-2-8/h8-9H,1-7,11H2,(H,12,13). The zero-order chi connectivity index (χ0) is 11.1. The van der Waals surface area contributed by atoms with Gasteiger partial charge in [-0.05, 0) is 25.2 Å². The molecule has 0 aromatic heterocycles. The van der Waals surface area contributed by atoms with Crippen LogP contribution in [0.5, 0.6) is 0 Å². The molecule has 1 unspecified atom stereocenters. The molecule has 1 fully saturated rings. The molecule has 5 heteroatoms. The Morgan fingerprint density at radius 2 is 2.20 bits per heavy atom. The van der Waals surface area contributed by atoms with Crippen molar-refractivity contribution in [1.29, 1.82) is 0 Å². The molecule has 1 heterocycles. The molecule has 0 aromatic rings. The van der Waals surface area contributed by atoms with Crippen LogP contribution < -0.4 is 5.73 Å². The number of carbonyl (C=O) groups is 1. The maximum Gasteiger partial charge on any atom is 0.320 e. The van der Waals surface area contributed by atoms with Gasteiger partial charge >= 0.3 is 5.97 Å². The fraction of sp³-hybridized carbons (Fsp3) is 0.900. The molecule has 1 atom stereocenters. The molecule has 0 bridgehead atoms. The van der Waals surface area contributed by atoms with Crippen molar-refractivity contribution >= 4 is 5.97 Å². The van der Waals surface area contributed by atoms with Crippen molar-refractivity contribution in [3.8, 4) is 0 Å². The Bertz CT molecular complexity index is 192. The summed E-state index contributed by atoms with van der Waals surface area (Å²) in [6.07, 6.45) is 2.44. The first-order valence-corrected chi connectivity index (χ1v) is 5.34. The minimum atomic E-state index is -0.968. The lowest BCUT2D eigenvalue weighted by atomic mass is 10.0. The van der Waals surface area contributed by atoms with E-state index in [1.807, 2.05) is 0 Å². The zero-order valence-corrected chi connectivity index (χ0v) is 8.85. The fourth-order valence-electron chi connectivity index (χ4n) is 1.50. The maximum absolute atomic E-state index is 10.4. The van der Waals surface area contributed by atoms with E-state index in [-0.39, 0.29) is 0 Å². The van der Waals surface area contributed by atoms with Gasteiger partial charge in [0, 0.05) is 26.4 Å². The Hall–Kier alpha value is -0.650. The monoisotopic (exact) mass is 217 g/mol. The summed E-state index contributed by atoms with van der Waals surface area (Å²) in [5, 5.41) is 8.53. The molecule has 1 rings (SSSR count). The highest BCUT2D eigenvalue weighted by molar-refractivity contribution is 5.72. The van der Waals surface area contributed by atoms with E-state index in [9.17, 15) is 4.79 Å². The molecule has 88 valence electrons. The van der Waals surface area contributed by atoms with E-state index in [4.69, 9.17) is 20.3 Å². The van der Waals surface area contributed by atoms with Crippen LogP contribution in [-0.4, -0.2) is 43.5 Å². The summed E-state index contributed by atoms with van der Waals surface area (Å²) >= 11 is 0. The Morgan fingerprint density at radius 1 is 1.53 bits per heavy atom. The quantitative estimate of drug-likeness (QED) is 0.622. The van der Waals surface area contributed by atoms with E-state index in [1.54, 1.807) is 0 Å². The molecule has 0 amide bonds. The van der Waals surface area contributed by atoms with Gasteiger partial charge in [0.05, 0.1) is 0 Å². The summed E-state index contributed by atoms with van der Waals surface area (Å²) in [5.74, 6) is -0.413. The van der Waals surface area contributed by atoms with Gasteiger partial charge in [0.1, 0.15) is 6.04 Å². The average molecular weight is 217 g/mol. The normalized spacial score (nSPS) is 20.1. The Kier molecular flexibility index (Phi) is 5.60. The maximum atomic E-state index is 10.4. The second kappa shape index (κ2) is 6.76. The van der Waals surface area contributed by atoms with Gasteiger partial charge in [-0.1, -0.05) is 0 Å².